The fraction of sp³-hybridized carbons (Fsp3) is 0.320. The van der Waals surface area contributed by atoms with Crippen LogP contribution in [0.5, 0.6) is 0 Å². The van der Waals surface area contributed by atoms with Crippen molar-refractivity contribution >= 4 is 35.1 Å². The molecule has 0 aliphatic carbocycles. The fourth-order valence-electron chi connectivity index (χ4n) is 3.61. The van der Waals surface area contributed by atoms with E-state index in [0.717, 1.165) is 44.0 Å². The van der Waals surface area contributed by atoms with Crippen molar-refractivity contribution in [2.24, 2.45) is 0 Å². The summed E-state index contributed by atoms with van der Waals surface area (Å²) in [6.07, 6.45) is 0.817. The van der Waals surface area contributed by atoms with E-state index >= 15 is 0 Å². The Kier molecular flexibility index (Phi) is 8.20. The number of hydrogen-bond donors (Lipinski definition) is 1. The number of thioether (sulfide) groups is 1. The molecular weight excluding hydrogens is 454 g/mol. The summed E-state index contributed by atoms with van der Waals surface area (Å²) in [5, 5.41) is 4.11. The van der Waals surface area contributed by atoms with E-state index in [1.54, 1.807) is 11.8 Å². The maximum Gasteiger partial charge on any atom is 0.251 e. The van der Waals surface area contributed by atoms with Crippen LogP contribution in [-0.4, -0.2) is 60.5 Å². The number of carbonyl (C=O) groups excluding carboxylic acids is 1. The van der Waals surface area contributed by atoms with Crippen molar-refractivity contribution in [2.45, 2.75) is 17.3 Å². The Labute approximate surface area is 204 Å². The Balaban J connectivity index is 1.29. The van der Waals surface area contributed by atoms with E-state index in [9.17, 15) is 4.79 Å². The summed E-state index contributed by atoms with van der Waals surface area (Å²) in [6, 6.07) is 19.7. The SMILES string of the molecule is CN1CCN(c2cc(Cl)nc(SCc3ccc(C(=O)NCCc4ccccc4)cc3)n2)CC1. The molecule has 6 nitrogen and oxygen atoms in total. The van der Waals surface area contributed by atoms with Gasteiger partial charge in [0, 0.05) is 50.1 Å². The monoisotopic (exact) mass is 481 g/mol. The highest BCUT2D eigenvalue weighted by atomic mass is 35.5. The van der Waals surface area contributed by atoms with Gasteiger partial charge in [0.05, 0.1) is 0 Å². The van der Waals surface area contributed by atoms with E-state index in [4.69, 9.17) is 16.6 Å². The first kappa shape index (κ1) is 23.5. The molecular formula is C25H28ClN5OS. The summed E-state index contributed by atoms with van der Waals surface area (Å²) in [6.45, 7) is 4.50. The first-order valence-corrected chi connectivity index (χ1v) is 12.4. The number of piperazine rings is 1. The van der Waals surface area contributed by atoms with Gasteiger partial charge in [-0.25, -0.2) is 9.97 Å². The highest BCUT2D eigenvalue weighted by Crippen LogP contribution is 2.25. The third kappa shape index (κ3) is 6.93. The first-order chi connectivity index (χ1) is 16.1. The van der Waals surface area contributed by atoms with Gasteiger partial charge in [0.25, 0.3) is 5.91 Å². The third-order valence-corrected chi connectivity index (χ3v) is 6.73. The van der Waals surface area contributed by atoms with Crippen molar-refractivity contribution in [3.63, 3.8) is 0 Å². The molecule has 1 aromatic heterocycles. The zero-order valence-electron chi connectivity index (χ0n) is 18.7. The summed E-state index contributed by atoms with van der Waals surface area (Å²) in [7, 11) is 2.13. The molecule has 8 heteroatoms. The Morgan fingerprint density at radius 2 is 1.73 bits per heavy atom. The van der Waals surface area contributed by atoms with Gasteiger partial charge in [-0.1, -0.05) is 65.8 Å². The maximum absolute atomic E-state index is 12.4. The van der Waals surface area contributed by atoms with Gasteiger partial charge >= 0.3 is 0 Å². The molecule has 2 heterocycles. The van der Waals surface area contributed by atoms with Gasteiger partial charge in [-0.15, -0.1) is 0 Å². The van der Waals surface area contributed by atoms with Crippen molar-refractivity contribution in [3.05, 3.63) is 82.5 Å². The third-order valence-electron chi connectivity index (χ3n) is 5.61. The molecule has 3 aromatic rings. The Bertz CT molecular complexity index is 1060. The number of rotatable bonds is 8. The maximum atomic E-state index is 12.4. The number of carbonyl (C=O) groups is 1. The molecule has 2 aromatic carbocycles. The molecule has 1 aliphatic rings. The minimum Gasteiger partial charge on any atom is -0.354 e. The average molecular weight is 482 g/mol. The number of anilines is 1. The Morgan fingerprint density at radius 1 is 1.00 bits per heavy atom. The van der Waals surface area contributed by atoms with Crippen LogP contribution in [0, 0.1) is 0 Å². The predicted octanol–water partition coefficient (Wildman–Crippen LogP) is 4.15. The number of aromatic nitrogens is 2. The molecule has 4 rings (SSSR count). The van der Waals surface area contributed by atoms with Crippen molar-refractivity contribution in [1.29, 1.82) is 0 Å². The minimum absolute atomic E-state index is 0.0554. The second-order valence-electron chi connectivity index (χ2n) is 8.10. The van der Waals surface area contributed by atoms with Gasteiger partial charge in [-0.05, 0) is 36.7 Å². The van der Waals surface area contributed by atoms with Gasteiger partial charge in [0.1, 0.15) is 11.0 Å². The van der Waals surface area contributed by atoms with Gasteiger partial charge < -0.3 is 15.1 Å². The van der Waals surface area contributed by atoms with E-state index in [2.05, 4.69) is 39.3 Å². The average Bonchev–Trinajstić information content (AvgIpc) is 2.84. The smallest absolute Gasteiger partial charge is 0.251 e. The van der Waals surface area contributed by atoms with Crippen molar-refractivity contribution in [3.8, 4) is 0 Å². The van der Waals surface area contributed by atoms with Crippen LogP contribution < -0.4 is 10.2 Å². The van der Waals surface area contributed by atoms with E-state index in [1.807, 2.05) is 48.5 Å². The number of hydrogen-bond acceptors (Lipinski definition) is 6. The Hall–Kier alpha value is -2.61. The Morgan fingerprint density at radius 3 is 2.45 bits per heavy atom. The molecule has 1 aliphatic heterocycles. The summed E-state index contributed by atoms with van der Waals surface area (Å²) in [5.74, 6) is 1.53. The van der Waals surface area contributed by atoms with Crippen molar-refractivity contribution in [2.75, 3.05) is 44.7 Å². The van der Waals surface area contributed by atoms with Crippen LogP contribution in [0.2, 0.25) is 5.15 Å². The lowest BCUT2D eigenvalue weighted by Crippen LogP contribution is -2.44. The number of halogens is 1. The topological polar surface area (TPSA) is 61.4 Å². The highest BCUT2D eigenvalue weighted by molar-refractivity contribution is 7.98. The minimum atomic E-state index is -0.0554. The van der Waals surface area contributed by atoms with E-state index < -0.39 is 0 Å². The molecule has 0 bridgehead atoms. The summed E-state index contributed by atoms with van der Waals surface area (Å²) >= 11 is 7.82. The van der Waals surface area contributed by atoms with E-state index in [0.29, 0.717) is 28.2 Å². The van der Waals surface area contributed by atoms with Crippen LogP contribution in [0.25, 0.3) is 0 Å². The zero-order chi connectivity index (χ0) is 23.0. The normalized spacial score (nSPS) is 14.3. The molecule has 0 spiro atoms. The van der Waals surface area contributed by atoms with Gasteiger partial charge in [0.15, 0.2) is 5.16 Å². The largest absolute Gasteiger partial charge is 0.354 e. The lowest BCUT2D eigenvalue weighted by atomic mass is 10.1. The van der Waals surface area contributed by atoms with Crippen LogP contribution in [-0.2, 0) is 12.2 Å². The number of likely N-dealkylation sites (N-methyl/N-ethyl adjacent to an activating group) is 1. The summed E-state index contributed by atoms with van der Waals surface area (Å²) in [4.78, 5) is 26.1. The van der Waals surface area contributed by atoms with Gasteiger partial charge in [0.2, 0.25) is 0 Å². The lowest BCUT2D eigenvalue weighted by molar-refractivity contribution is 0.0954. The van der Waals surface area contributed by atoms with Crippen molar-refractivity contribution in [1.82, 2.24) is 20.2 Å². The molecule has 172 valence electrons. The molecule has 0 saturated carbocycles. The molecule has 1 fully saturated rings. The first-order valence-electron chi connectivity index (χ1n) is 11.1. The summed E-state index contributed by atoms with van der Waals surface area (Å²) < 4.78 is 0. The molecule has 0 unspecified atom stereocenters. The number of benzene rings is 2. The summed E-state index contributed by atoms with van der Waals surface area (Å²) in [5.41, 5.74) is 2.97. The zero-order valence-corrected chi connectivity index (χ0v) is 20.3. The van der Waals surface area contributed by atoms with Gasteiger partial charge in [-0.2, -0.15) is 0 Å². The number of amides is 1. The molecule has 0 atom stereocenters. The molecule has 33 heavy (non-hydrogen) atoms. The van der Waals surface area contributed by atoms with Crippen molar-refractivity contribution < 1.29 is 4.79 Å². The molecule has 1 amide bonds. The number of nitrogens with one attached hydrogen (secondary N) is 1. The second kappa shape index (κ2) is 11.5. The lowest BCUT2D eigenvalue weighted by Gasteiger charge is -2.33. The predicted molar refractivity (Wildman–Crippen MR) is 135 cm³/mol. The second-order valence-corrected chi connectivity index (χ2v) is 9.43. The molecule has 1 N–H and O–H groups in total. The fourth-order valence-corrected chi connectivity index (χ4v) is 4.65. The molecule has 0 radical (unpaired) electrons. The van der Waals surface area contributed by atoms with Gasteiger partial charge in [-0.3, -0.25) is 4.79 Å². The number of nitrogens with zero attached hydrogens (tertiary/aromatic N) is 4. The van der Waals surface area contributed by atoms with Crippen LogP contribution in [0.15, 0.2) is 65.8 Å². The van der Waals surface area contributed by atoms with Crippen LogP contribution in [0.1, 0.15) is 21.5 Å². The quantitative estimate of drug-likeness (QED) is 0.296. The van der Waals surface area contributed by atoms with E-state index in [1.165, 1.54) is 5.56 Å². The van der Waals surface area contributed by atoms with Crippen LogP contribution >= 0.6 is 23.4 Å². The molecule has 1 saturated heterocycles. The van der Waals surface area contributed by atoms with Crippen LogP contribution in [0.3, 0.4) is 0 Å². The van der Waals surface area contributed by atoms with E-state index in [-0.39, 0.29) is 5.91 Å². The van der Waals surface area contributed by atoms with Crippen LogP contribution in [0.4, 0.5) is 5.82 Å². The highest BCUT2D eigenvalue weighted by Gasteiger charge is 2.17. The standard InChI is InChI=1S/C25H28ClN5OS/c1-30-13-15-31(16-14-30)23-17-22(26)28-25(29-23)33-18-20-7-9-21(10-8-20)24(32)27-12-11-19-5-3-2-4-6-19/h2-10,17H,11-16,18H2,1H3,(H,27,32).